The summed E-state index contributed by atoms with van der Waals surface area (Å²) < 4.78 is 0. The Bertz CT molecular complexity index is 1430. The summed E-state index contributed by atoms with van der Waals surface area (Å²) >= 11 is 6.42. The summed E-state index contributed by atoms with van der Waals surface area (Å²) in [5.74, 6) is -2.41. The second-order valence-corrected chi connectivity index (χ2v) is 10.5. The molecule has 0 unspecified atom stereocenters. The highest BCUT2D eigenvalue weighted by Crippen LogP contribution is 2.54. The number of carbonyl (C=O) groups excluding carboxylic acids is 3. The number of phenolic OH excluding ortho intramolecular Hbond substituents is 1. The van der Waals surface area contributed by atoms with E-state index in [-0.39, 0.29) is 30.0 Å². The summed E-state index contributed by atoms with van der Waals surface area (Å²) in [5, 5.41) is 16.6. The van der Waals surface area contributed by atoms with E-state index in [1.54, 1.807) is 36.4 Å². The monoisotopic (exact) mass is 515 g/mol. The van der Waals surface area contributed by atoms with Crippen LogP contribution in [0.5, 0.6) is 5.75 Å². The van der Waals surface area contributed by atoms with Gasteiger partial charge < -0.3 is 10.4 Å². The zero-order valence-corrected chi connectivity index (χ0v) is 21.0. The molecule has 3 aromatic rings. The second-order valence-electron chi connectivity index (χ2n) is 10.1. The number of nitrogens with zero attached hydrogens (tertiary/aromatic N) is 1. The molecule has 3 aliphatic rings. The molecule has 0 saturated carbocycles. The smallest absolute Gasteiger partial charge is 0.250 e. The summed E-state index contributed by atoms with van der Waals surface area (Å²) in [5.41, 5.74) is 2.55. The van der Waals surface area contributed by atoms with Crippen LogP contribution in [0.4, 0.5) is 5.69 Å². The van der Waals surface area contributed by atoms with Crippen molar-refractivity contribution in [2.75, 3.05) is 11.9 Å². The van der Waals surface area contributed by atoms with Gasteiger partial charge in [-0.05, 0) is 60.7 Å². The molecule has 3 amide bonds. The van der Waals surface area contributed by atoms with E-state index in [4.69, 9.17) is 11.6 Å². The predicted octanol–water partition coefficient (Wildman–Crippen LogP) is 3.56. The molecule has 8 heteroatoms. The number of aryl methyl sites for hydroxylation is 1. The lowest BCUT2D eigenvalue weighted by atomic mass is 9.76. The van der Waals surface area contributed by atoms with Gasteiger partial charge in [0, 0.05) is 28.9 Å². The van der Waals surface area contributed by atoms with Crippen LogP contribution < -0.4 is 10.6 Å². The third-order valence-corrected chi connectivity index (χ3v) is 8.15. The van der Waals surface area contributed by atoms with Crippen molar-refractivity contribution in [3.05, 3.63) is 94.0 Å². The summed E-state index contributed by atoms with van der Waals surface area (Å²) in [6, 6.07) is 19.5. The second kappa shape index (κ2) is 8.71. The van der Waals surface area contributed by atoms with E-state index < -0.39 is 23.4 Å². The number of rotatable bonds is 5. The number of hydrogen-bond acceptors (Lipinski definition) is 5. The number of carbonyl (C=O) groups is 3. The molecule has 2 fully saturated rings. The molecule has 4 atom stereocenters. The van der Waals surface area contributed by atoms with Crippen LogP contribution in [0.2, 0.25) is 5.02 Å². The Hall–Kier alpha value is -3.68. The molecule has 0 aliphatic carbocycles. The van der Waals surface area contributed by atoms with Crippen molar-refractivity contribution >= 4 is 35.0 Å². The number of fused-ring (bicyclic) bond motifs is 4. The third-order valence-electron chi connectivity index (χ3n) is 7.94. The van der Waals surface area contributed by atoms with E-state index in [9.17, 15) is 19.5 Å². The molecule has 2 saturated heterocycles. The van der Waals surface area contributed by atoms with Crippen LogP contribution in [-0.4, -0.2) is 40.3 Å². The molecule has 3 N–H and O–H groups in total. The van der Waals surface area contributed by atoms with Crippen LogP contribution in [0.25, 0.3) is 0 Å². The quantitative estimate of drug-likeness (QED) is 0.451. The normalized spacial score (nSPS) is 26.1. The zero-order chi connectivity index (χ0) is 25.9. The molecular formula is C29H26ClN3O4. The molecule has 3 aromatic carbocycles. The highest BCUT2D eigenvalue weighted by Gasteiger charge is 2.70. The average Bonchev–Trinajstić information content (AvgIpc) is 3.45. The maximum atomic E-state index is 14.0. The number of benzene rings is 3. The number of likely N-dealkylation sites (tertiary alicyclic amines) is 1. The number of nitrogens with one attached hydrogen (secondary N) is 2. The van der Waals surface area contributed by atoms with Gasteiger partial charge in [0.15, 0.2) is 0 Å². The highest BCUT2D eigenvalue weighted by molar-refractivity contribution is 6.31. The fourth-order valence-corrected chi connectivity index (χ4v) is 6.53. The van der Waals surface area contributed by atoms with Crippen molar-refractivity contribution < 1.29 is 19.5 Å². The number of amides is 3. The number of imide groups is 1. The standard InChI is InChI=1S/C29H26ClN3O4/c1-16-13-19(30)15-21-25(16)31-28(37)29(21)24-23(22(32-29)14-18-7-9-20(34)10-8-18)26(35)33(27(24)36)12-11-17-5-3-2-4-6-17/h2-10,13,15,22-24,32,34H,11-12,14H2,1H3,(H,31,37)/t22-,23+,24+,29+/m0/s1. The highest BCUT2D eigenvalue weighted by atomic mass is 35.5. The molecule has 0 radical (unpaired) electrons. The minimum atomic E-state index is -1.40. The van der Waals surface area contributed by atoms with Crippen molar-refractivity contribution in [3.8, 4) is 5.75 Å². The van der Waals surface area contributed by atoms with Crippen molar-refractivity contribution in [1.29, 1.82) is 0 Å². The maximum absolute atomic E-state index is 14.0. The van der Waals surface area contributed by atoms with Crippen LogP contribution in [0.15, 0.2) is 66.7 Å². The van der Waals surface area contributed by atoms with Gasteiger partial charge in [-0.3, -0.25) is 24.6 Å². The largest absolute Gasteiger partial charge is 0.508 e. The summed E-state index contributed by atoms with van der Waals surface area (Å²) in [7, 11) is 0. The van der Waals surface area contributed by atoms with Gasteiger partial charge in [0.2, 0.25) is 17.7 Å². The first kappa shape index (κ1) is 23.7. The van der Waals surface area contributed by atoms with E-state index in [2.05, 4.69) is 10.6 Å². The molecule has 3 aliphatic heterocycles. The molecule has 7 nitrogen and oxygen atoms in total. The Morgan fingerprint density at radius 1 is 0.973 bits per heavy atom. The Labute approximate surface area is 219 Å². The Morgan fingerprint density at radius 3 is 2.43 bits per heavy atom. The molecule has 37 heavy (non-hydrogen) atoms. The van der Waals surface area contributed by atoms with Crippen molar-refractivity contribution in [3.63, 3.8) is 0 Å². The average molecular weight is 516 g/mol. The van der Waals surface area contributed by atoms with Gasteiger partial charge >= 0.3 is 0 Å². The van der Waals surface area contributed by atoms with Gasteiger partial charge in [-0.2, -0.15) is 0 Å². The number of aromatic hydroxyl groups is 1. The SMILES string of the molecule is Cc1cc(Cl)cc2c1NC(=O)[C@@]21N[C@@H](Cc2ccc(O)cc2)[C@H]2C(=O)N(CCc3ccccc3)C(=O)[C@@H]21. The van der Waals surface area contributed by atoms with Gasteiger partial charge in [-0.1, -0.05) is 54.1 Å². The van der Waals surface area contributed by atoms with Crippen molar-refractivity contribution in [1.82, 2.24) is 10.2 Å². The topological polar surface area (TPSA) is 98.7 Å². The molecular weight excluding hydrogens is 490 g/mol. The lowest BCUT2D eigenvalue weighted by molar-refractivity contribution is -0.142. The minimum Gasteiger partial charge on any atom is -0.508 e. The van der Waals surface area contributed by atoms with Gasteiger partial charge in [-0.25, -0.2) is 0 Å². The Kier molecular flexibility index (Phi) is 5.58. The molecule has 188 valence electrons. The van der Waals surface area contributed by atoms with Crippen LogP contribution in [-0.2, 0) is 32.8 Å². The number of phenols is 1. The van der Waals surface area contributed by atoms with Crippen molar-refractivity contribution in [2.24, 2.45) is 11.8 Å². The fourth-order valence-electron chi connectivity index (χ4n) is 6.26. The molecule has 1 spiro atoms. The van der Waals surface area contributed by atoms with Crippen LogP contribution in [0.3, 0.4) is 0 Å². The van der Waals surface area contributed by atoms with Crippen LogP contribution in [0.1, 0.15) is 22.3 Å². The lowest BCUT2D eigenvalue weighted by Crippen LogP contribution is -2.53. The first-order valence-electron chi connectivity index (χ1n) is 12.4. The first-order chi connectivity index (χ1) is 17.8. The van der Waals surface area contributed by atoms with Crippen molar-refractivity contribution in [2.45, 2.75) is 31.3 Å². The van der Waals surface area contributed by atoms with E-state index in [1.165, 1.54) is 4.90 Å². The maximum Gasteiger partial charge on any atom is 0.250 e. The van der Waals surface area contributed by atoms with Crippen LogP contribution in [0, 0.1) is 18.8 Å². The minimum absolute atomic E-state index is 0.144. The number of hydrogen-bond donors (Lipinski definition) is 3. The summed E-state index contributed by atoms with van der Waals surface area (Å²) in [6.07, 6.45) is 0.950. The third kappa shape index (κ3) is 3.64. The van der Waals surface area contributed by atoms with Gasteiger partial charge in [-0.15, -0.1) is 0 Å². The van der Waals surface area contributed by atoms with Crippen LogP contribution >= 0.6 is 11.6 Å². The predicted molar refractivity (Wildman–Crippen MR) is 139 cm³/mol. The van der Waals surface area contributed by atoms with Gasteiger partial charge in [0.25, 0.3) is 0 Å². The molecule has 6 rings (SSSR count). The summed E-state index contributed by atoms with van der Waals surface area (Å²) in [6.45, 7) is 2.11. The van der Waals surface area contributed by atoms with E-state index >= 15 is 0 Å². The summed E-state index contributed by atoms with van der Waals surface area (Å²) in [4.78, 5) is 42.8. The van der Waals surface area contributed by atoms with E-state index in [0.717, 1.165) is 16.7 Å². The first-order valence-corrected chi connectivity index (χ1v) is 12.7. The van der Waals surface area contributed by atoms with Gasteiger partial charge in [0.05, 0.1) is 11.8 Å². The lowest BCUT2D eigenvalue weighted by Gasteiger charge is -2.30. The molecule has 3 heterocycles. The Morgan fingerprint density at radius 2 is 1.70 bits per heavy atom. The zero-order valence-electron chi connectivity index (χ0n) is 20.2. The number of anilines is 1. The fraction of sp³-hybridized carbons (Fsp3) is 0.276. The Balaban J connectivity index is 1.42. The van der Waals surface area contributed by atoms with E-state index in [1.807, 2.05) is 37.3 Å². The van der Waals surface area contributed by atoms with Gasteiger partial charge in [0.1, 0.15) is 11.3 Å². The molecule has 0 aromatic heterocycles. The van der Waals surface area contributed by atoms with E-state index in [0.29, 0.717) is 29.1 Å². The number of halogens is 1. The molecule has 0 bridgehead atoms.